The molecule has 4 aromatic carbocycles. The number of hydrogen-bond acceptors (Lipinski definition) is 2. The maximum atomic E-state index is 12.5. The summed E-state index contributed by atoms with van der Waals surface area (Å²) in [6.07, 6.45) is 4.83. The van der Waals surface area contributed by atoms with Crippen LogP contribution in [0.4, 0.5) is 0 Å². The van der Waals surface area contributed by atoms with Crippen LogP contribution in [0.3, 0.4) is 0 Å². The van der Waals surface area contributed by atoms with Gasteiger partial charge < -0.3 is 0 Å². The zero-order valence-electron chi connectivity index (χ0n) is 25.2. The predicted octanol–water partition coefficient (Wildman–Crippen LogP) is 8.96. The Kier molecular flexibility index (Phi) is 9.97. The van der Waals surface area contributed by atoms with Gasteiger partial charge >= 0.3 is 262 Å². The summed E-state index contributed by atoms with van der Waals surface area (Å²) in [5.41, 5.74) is 3.26. The first-order valence-electron chi connectivity index (χ1n) is 15.4. The number of benzene rings is 4. The van der Waals surface area contributed by atoms with Crippen LogP contribution in [0.2, 0.25) is 0 Å². The maximum absolute atomic E-state index is 12.5. The topological polar surface area (TPSA) is 29.5 Å². The van der Waals surface area contributed by atoms with Crippen LogP contribution in [0.1, 0.15) is 81.0 Å². The second-order valence-electron chi connectivity index (χ2n) is 12.7. The Labute approximate surface area is 260 Å². The molecule has 1 aliphatic rings. The Morgan fingerprint density at radius 2 is 1.24 bits per heavy atom. The van der Waals surface area contributed by atoms with Crippen molar-refractivity contribution in [3.8, 4) is 0 Å². The average molecular weight is 597 g/mol. The summed E-state index contributed by atoms with van der Waals surface area (Å²) in [4.78, 5) is 0. The first-order chi connectivity index (χ1) is 20.3. The molecule has 0 amide bonds. The van der Waals surface area contributed by atoms with Crippen LogP contribution >= 0.6 is 0 Å². The molecule has 1 N–H and O–H groups in total. The van der Waals surface area contributed by atoms with Crippen molar-refractivity contribution < 1.29 is 25.7 Å². The monoisotopic (exact) mass is 596 g/mol. The summed E-state index contributed by atoms with van der Waals surface area (Å²) < 4.78 is 7.87. The first kappa shape index (κ1) is 30.7. The molecule has 0 heterocycles. The van der Waals surface area contributed by atoms with Crippen molar-refractivity contribution in [3.05, 3.63) is 144 Å². The van der Waals surface area contributed by atoms with E-state index in [2.05, 4.69) is 97.3 Å². The molecule has 4 aromatic rings. The Hall–Kier alpha value is -2.80. The molecular weight excluding hydrogens is 552 g/mol. The van der Waals surface area contributed by atoms with Crippen molar-refractivity contribution in [3.63, 3.8) is 0 Å². The van der Waals surface area contributed by atoms with E-state index in [1.54, 1.807) is 0 Å². The van der Waals surface area contributed by atoms with Crippen molar-refractivity contribution in [1.29, 1.82) is 0 Å². The number of rotatable bonds is 11. The molecule has 2 nitrogen and oxygen atoms in total. The fourth-order valence-electron chi connectivity index (χ4n) is 7.00. The third kappa shape index (κ3) is 7.04. The van der Waals surface area contributed by atoms with Gasteiger partial charge in [-0.1, -0.05) is 0 Å². The SMILES string of the molecule is C[C@@H]1CC[C@@H](C(C)(C)c2ccccc2)[C@H](O[C](=[Cr])C[C@H](CC(O)(c2ccccc2)c2ccccc2)c2ccccc2)C1. The molecule has 0 aliphatic heterocycles. The Morgan fingerprint density at radius 3 is 1.76 bits per heavy atom. The van der Waals surface area contributed by atoms with E-state index in [4.69, 9.17) is 4.74 Å². The van der Waals surface area contributed by atoms with E-state index in [0.29, 0.717) is 24.7 Å². The van der Waals surface area contributed by atoms with Crippen LogP contribution in [0.5, 0.6) is 0 Å². The molecule has 4 atom stereocenters. The average Bonchev–Trinajstić information content (AvgIpc) is 3.02. The van der Waals surface area contributed by atoms with E-state index in [1.807, 2.05) is 60.7 Å². The molecule has 5 rings (SSSR count). The third-order valence-corrected chi connectivity index (χ3v) is 9.92. The van der Waals surface area contributed by atoms with Gasteiger partial charge in [0.2, 0.25) is 0 Å². The van der Waals surface area contributed by atoms with Crippen molar-refractivity contribution in [1.82, 2.24) is 0 Å². The van der Waals surface area contributed by atoms with Crippen molar-refractivity contribution in [2.45, 2.75) is 75.9 Å². The van der Waals surface area contributed by atoms with E-state index in [0.717, 1.165) is 28.5 Å². The zero-order valence-corrected chi connectivity index (χ0v) is 26.4. The number of hydrogen-bond donors (Lipinski definition) is 1. The molecule has 0 aromatic heterocycles. The van der Waals surface area contributed by atoms with Crippen LogP contribution in [-0.2, 0) is 31.6 Å². The molecule has 0 unspecified atom stereocenters. The summed E-state index contributed by atoms with van der Waals surface area (Å²) in [6, 6.07) is 41.7. The second kappa shape index (κ2) is 13.7. The Bertz CT molecular complexity index is 1360. The fraction of sp³-hybridized carbons (Fsp3) is 0.359. The van der Waals surface area contributed by atoms with Gasteiger partial charge in [-0.05, 0) is 0 Å². The Balaban J connectivity index is 1.42. The van der Waals surface area contributed by atoms with Crippen LogP contribution in [0, 0.1) is 11.8 Å². The minimum atomic E-state index is -1.14. The standard InChI is InChI=1S/C39H44O2.Cr/c1-30-24-25-36(38(2,3)33-18-10-5-11-19-33)37(28-30)41-27-26-32(31-16-8-4-9-17-31)29-39(40,34-20-12-6-13-21-34)35-22-14-7-15-23-35;/h4-23,30,32,36-37,40H,24-26,28-29H2,1-3H3;/t30-,32-,36-,37-;/m1./s1. The van der Waals surface area contributed by atoms with E-state index in [9.17, 15) is 5.11 Å². The zero-order chi connectivity index (χ0) is 29.6. The van der Waals surface area contributed by atoms with E-state index >= 15 is 0 Å². The molecule has 0 bridgehead atoms. The van der Waals surface area contributed by atoms with Gasteiger partial charge in [-0.2, -0.15) is 0 Å². The Morgan fingerprint density at radius 1 is 0.762 bits per heavy atom. The van der Waals surface area contributed by atoms with Crippen molar-refractivity contribution in [2.75, 3.05) is 0 Å². The summed E-state index contributed by atoms with van der Waals surface area (Å²) >= 11 is 3.33. The molecule has 1 saturated carbocycles. The normalized spacial score (nSPS) is 20.1. The fourth-order valence-corrected chi connectivity index (χ4v) is 7.51. The third-order valence-electron chi connectivity index (χ3n) is 9.51. The van der Waals surface area contributed by atoms with E-state index in [1.165, 1.54) is 17.5 Å². The quantitative estimate of drug-likeness (QED) is 0.187. The minimum absolute atomic E-state index is 0.00600. The van der Waals surface area contributed by atoms with Crippen molar-refractivity contribution in [2.24, 2.45) is 11.8 Å². The van der Waals surface area contributed by atoms with Crippen LogP contribution in [0.15, 0.2) is 121 Å². The molecule has 0 radical (unpaired) electrons. The van der Waals surface area contributed by atoms with Gasteiger partial charge in [0, 0.05) is 0 Å². The number of ether oxygens (including phenoxy) is 1. The summed E-state index contributed by atoms with van der Waals surface area (Å²) in [6.45, 7) is 7.11. The second-order valence-corrected chi connectivity index (χ2v) is 13.5. The van der Waals surface area contributed by atoms with Gasteiger partial charge in [-0.15, -0.1) is 0 Å². The van der Waals surface area contributed by atoms with E-state index in [-0.39, 0.29) is 17.4 Å². The first-order valence-corrected chi connectivity index (χ1v) is 16.0. The predicted molar refractivity (Wildman–Crippen MR) is 170 cm³/mol. The van der Waals surface area contributed by atoms with Gasteiger partial charge in [-0.3, -0.25) is 0 Å². The number of aliphatic hydroxyl groups is 1. The molecule has 0 saturated heterocycles. The van der Waals surface area contributed by atoms with Gasteiger partial charge in [-0.25, -0.2) is 0 Å². The molecule has 42 heavy (non-hydrogen) atoms. The summed E-state index contributed by atoms with van der Waals surface area (Å²) in [5, 5.41) is 12.5. The molecule has 1 aliphatic carbocycles. The van der Waals surface area contributed by atoms with Gasteiger partial charge in [0.05, 0.1) is 0 Å². The molecule has 3 heteroatoms. The molecule has 1 fully saturated rings. The van der Waals surface area contributed by atoms with E-state index < -0.39 is 5.60 Å². The van der Waals surface area contributed by atoms with Crippen molar-refractivity contribution >= 4 is 4.57 Å². The molecule has 0 spiro atoms. The molecular formula is C39H44CrO2. The van der Waals surface area contributed by atoms with Crippen LogP contribution in [0.25, 0.3) is 0 Å². The van der Waals surface area contributed by atoms with Crippen LogP contribution in [-0.4, -0.2) is 15.8 Å². The van der Waals surface area contributed by atoms with Gasteiger partial charge in [0.15, 0.2) is 0 Å². The van der Waals surface area contributed by atoms with Gasteiger partial charge in [0.25, 0.3) is 0 Å². The molecule has 218 valence electrons. The summed E-state index contributed by atoms with van der Waals surface area (Å²) in [7, 11) is 0. The van der Waals surface area contributed by atoms with Gasteiger partial charge in [0.1, 0.15) is 0 Å². The summed E-state index contributed by atoms with van der Waals surface area (Å²) in [5.74, 6) is 1.10. The van der Waals surface area contributed by atoms with Crippen LogP contribution < -0.4 is 0 Å².